The molecule has 0 radical (unpaired) electrons. The number of nitrogens with one attached hydrogen (secondary N) is 2. The molecule has 4 fully saturated rings. The maximum Gasteiger partial charge on any atom is 0.253 e. The lowest BCUT2D eigenvalue weighted by atomic mass is 9.92. The predicted octanol–water partition coefficient (Wildman–Crippen LogP) is 3.60. The van der Waals surface area contributed by atoms with Crippen LogP contribution in [0.3, 0.4) is 0 Å². The second kappa shape index (κ2) is 8.03. The zero-order valence-corrected chi connectivity index (χ0v) is 18.9. The number of rotatable bonds is 6. The Bertz CT molecular complexity index is 1120. The van der Waals surface area contributed by atoms with E-state index in [2.05, 4.69) is 20.5 Å². The van der Waals surface area contributed by atoms with Gasteiger partial charge in [-0.05, 0) is 81.2 Å². The second-order valence-corrected chi connectivity index (χ2v) is 10.3. The molecule has 8 heteroatoms. The number of carbonyl (C=O) groups is 2. The van der Waals surface area contributed by atoms with Crippen LogP contribution >= 0.6 is 0 Å². The Morgan fingerprint density at radius 3 is 2.24 bits per heavy atom. The summed E-state index contributed by atoms with van der Waals surface area (Å²) in [6.07, 6.45) is 8.78. The lowest BCUT2D eigenvalue weighted by molar-refractivity contribution is -0.124. The molecule has 4 aliphatic rings. The van der Waals surface area contributed by atoms with Gasteiger partial charge in [-0.2, -0.15) is 0 Å². The number of halogens is 2. The number of amides is 2. The van der Waals surface area contributed by atoms with Crippen LogP contribution in [0.4, 0.5) is 14.6 Å². The summed E-state index contributed by atoms with van der Waals surface area (Å²) in [6, 6.07) is 8.47. The van der Waals surface area contributed by atoms with Gasteiger partial charge in [0.25, 0.3) is 5.91 Å². The van der Waals surface area contributed by atoms with Gasteiger partial charge in [0.1, 0.15) is 5.82 Å². The Hall–Kier alpha value is -3.03. The summed E-state index contributed by atoms with van der Waals surface area (Å²) < 4.78 is 27.1. The van der Waals surface area contributed by atoms with Crippen molar-refractivity contribution in [3.8, 4) is 0 Å². The molecule has 3 heterocycles. The van der Waals surface area contributed by atoms with E-state index in [1.54, 1.807) is 6.20 Å². The maximum atomic E-state index is 13.8. The largest absolute Gasteiger partial charge is 0.352 e. The summed E-state index contributed by atoms with van der Waals surface area (Å²) >= 11 is 0. The number of hydrogen-bond donors (Lipinski definition) is 2. The summed E-state index contributed by atoms with van der Waals surface area (Å²) in [6.45, 7) is 0. The number of aromatic nitrogens is 1. The van der Waals surface area contributed by atoms with E-state index in [9.17, 15) is 18.4 Å². The molecule has 3 atom stereocenters. The van der Waals surface area contributed by atoms with Gasteiger partial charge >= 0.3 is 0 Å². The average Bonchev–Trinajstić information content (AvgIpc) is 3.75. The fourth-order valence-corrected chi connectivity index (χ4v) is 5.73. The van der Waals surface area contributed by atoms with E-state index in [0.29, 0.717) is 30.0 Å². The number of piperidine rings is 1. The second-order valence-electron chi connectivity index (χ2n) is 10.3. The van der Waals surface area contributed by atoms with E-state index in [1.807, 2.05) is 12.1 Å². The van der Waals surface area contributed by atoms with Gasteiger partial charge in [-0.1, -0.05) is 6.07 Å². The first-order valence-electron chi connectivity index (χ1n) is 12.2. The third kappa shape index (κ3) is 3.83. The van der Waals surface area contributed by atoms with Crippen molar-refractivity contribution in [2.75, 3.05) is 4.90 Å². The quantitative estimate of drug-likeness (QED) is 0.682. The Kier molecular flexibility index (Phi) is 5.08. The highest BCUT2D eigenvalue weighted by Crippen LogP contribution is 2.49. The number of anilines is 1. The standard InChI is InChI=1S/C26H28F2N4O2/c27-21-7-2-16(11-22(21)28)26(9-10-26)25(34)31-18-12-19-5-6-20(13-18)32(19)23-8-1-15(14-29-23)24(33)30-17-3-4-17/h1-2,7-8,11,14,17-20H,3-6,9-10,12-13H2,(H,30,33)(H,31,34)/t18?,19-,20+. The van der Waals surface area contributed by atoms with Crippen molar-refractivity contribution in [3.05, 3.63) is 59.3 Å². The maximum absolute atomic E-state index is 13.8. The smallest absolute Gasteiger partial charge is 0.253 e. The van der Waals surface area contributed by atoms with Crippen LogP contribution in [-0.2, 0) is 10.2 Å². The zero-order chi connectivity index (χ0) is 23.4. The summed E-state index contributed by atoms with van der Waals surface area (Å²) in [4.78, 5) is 32.4. The molecule has 2 saturated carbocycles. The molecule has 1 aromatic heterocycles. The fourth-order valence-electron chi connectivity index (χ4n) is 5.73. The molecule has 6 nitrogen and oxygen atoms in total. The molecular formula is C26H28F2N4O2. The normalized spacial score (nSPS) is 26.8. The Balaban J connectivity index is 1.11. The van der Waals surface area contributed by atoms with E-state index >= 15 is 0 Å². The Morgan fingerprint density at radius 2 is 1.65 bits per heavy atom. The molecule has 2 bridgehead atoms. The average molecular weight is 467 g/mol. The van der Waals surface area contributed by atoms with Gasteiger partial charge < -0.3 is 15.5 Å². The first-order valence-corrected chi connectivity index (χ1v) is 12.2. The van der Waals surface area contributed by atoms with Gasteiger partial charge in [0.2, 0.25) is 5.91 Å². The minimum atomic E-state index is -0.911. The van der Waals surface area contributed by atoms with Gasteiger partial charge in [-0.3, -0.25) is 9.59 Å². The molecule has 2 amide bonds. The van der Waals surface area contributed by atoms with Crippen molar-refractivity contribution in [1.29, 1.82) is 0 Å². The fraction of sp³-hybridized carbons (Fsp3) is 0.500. The van der Waals surface area contributed by atoms with Crippen molar-refractivity contribution in [2.45, 2.75) is 80.9 Å². The van der Waals surface area contributed by atoms with Crippen molar-refractivity contribution >= 4 is 17.6 Å². The highest BCUT2D eigenvalue weighted by atomic mass is 19.2. The number of hydrogen-bond acceptors (Lipinski definition) is 4. The molecule has 2 aliphatic heterocycles. The van der Waals surface area contributed by atoms with Crippen LogP contribution in [0.2, 0.25) is 0 Å². The number of nitrogens with zero attached hydrogens (tertiary/aromatic N) is 2. The van der Waals surface area contributed by atoms with Crippen LogP contribution in [-0.4, -0.2) is 41.0 Å². The van der Waals surface area contributed by atoms with Gasteiger partial charge in [-0.15, -0.1) is 0 Å². The lowest BCUT2D eigenvalue weighted by Crippen LogP contribution is -2.52. The van der Waals surface area contributed by atoms with Crippen LogP contribution < -0.4 is 15.5 Å². The van der Waals surface area contributed by atoms with Crippen LogP contribution in [0.15, 0.2) is 36.5 Å². The minimum Gasteiger partial charge on any atom is -0.352 e. The van der Waals surface area contributed by atoms with Gasteiger partial charge in [0.15, 0.2) is 11.6 Å². The monoisotopic (exact) mass is 466 g/mol. The van der Waals surface area contributed by atoms with Crippen molar-refractivity contribution in [3.63, 3.8) is 0 Å². The number of benzene rings is 1. The highest BCUT2D eigenvalue weighted by molar-refractivity contribution is 5.94. The molecule has 2 aromatic rings. The van der Waals surface area contributed by atoms with Crippen molar-refractivity contribution in [1.82, 2.24) is 15.6 Å². The number of fused-ring (bicyclic) bond motifs is 2. The predicted molar refractivity (Wildman–Crippen MR) is 122 cm³/mol. The van der Waals surface area contributed by atoms with Gasteiger partial charge in [0.05, 0.1) is 11.0 Å². The van der Waals surface area contributed by atoms with Crippen LogP contribution in [0, 0.1) is 11.6 Å². The zero-order valence-electron chi connectivity index (χ0n) is 18.9. The number of carbonyl (C=O) groups excluding carboxylic acids is 2. The third-order valence-electron chi connectivity index (χ3n) is 7.91. The molecule has 2 aliphatic carbocycles. The molecule has 34 heavy (non-hydrogen) atoms. The Labute approximate surface area is 197 Å². The number of pyridine rings is 1. The van der Waals surface area contributed by atoms with E-state index in [-0.39, 0.29) is 29.9 Å². The molecule has 1 unspecified atom stereocenters. The summed E-state index contributed by atoms with van der Waals surface area (Å²) in [5.41, 5.74) is 0.403. The van der Waals surface area contributed by atoms with Gasteiger partial charge in [-0.25, -0.2) is 13.8 Å². The Morgan fingerprint density at radius 1 is 0.912 bits per heavy atom. The SMILES string of the molecule is O=C(NC1CC1)c1ccc(N2[C@@H]3CC[C@H]2CC(NC(=O)C2(c4ccc(F)c(F)c4)CC2)C3)nc1. The minimum absolute atomic E-state index is 0.0487. The highest BCUT2D eigenvalue weighted by Gasteiger charge is 2.52. The van der Waals surface area contributed by atoms with E-state index in [1.165, 1.54) is 6.07 Å². The lowest BCUT2D eigenvalue weighted by Gasteiger charge is -2.40. The molecule has 0 spiro atoms. The summed E-state index contributed by atoms with van der Waals surface area (Å²) in [7, 11) is 0. The molecular weight excluding hydrogens is 438 g/mol. The first-order chi connectivity index (χ1) is 16.4. The first kappa shape index (κ1) is 21.5. The van der Waals surface area contributed by atoms with Crippen molar-refractivity contribution < 1.29 is 18.4 Å². The summed E-state index contributed by atoms with van der Waals surface area (Å²) in [5, 5.41) is 6.21. The third-order valence-corrected chi connectivity index (χ3v) is 7.91. The van der Waals surface area contributed by atoms with Gasteiger partial charge in [0, 0.05) is 30.4 Å². The van der Waals surface area contributed by atoms with E-state index < -0.39 is 17.0 Å². The molecule has 6 rings (SSSR count). The van der Waals surface area contributed by atoms with Crippen LogP contribution in [0.1, 0.15) is 67.3 Å². The van der Waals surface area contributed by atoms with E-state index in [0.717, 1.165) is 56.5 Å². The molecule has 178 valence electrons. The summed E-state index contributed by atoms with van der Waals surface area (Å²) in [5.74, 6) is -1.08. The van der Waals surface area contributed by atoms with Crippen LogP contribution in [0.5, 0.6) is 0 Å². The van der Waals surface area contributed by atoms with Crippen molar-refractivity contribution in [2.24, 2.45) is 0 Å². The molecule has 1 aromatic carbocycles. The molecule has 2 N–H and O–H groups in total. The van der Waals surface area contributed by atoms with E-state index in [4.69, 9.17) is 0 Å². The molecule has 2 saturated heterocycles. The van der Waals surface area contributed by atoms with Crippen LogP contribution in [0.25, 0.3) is 0 Å². The topological polar surface area (TPSA) is 74.3 Å².